The average Bonchev–Trinajstić information content (AvgIpc) is 2.73. The number of halogens is 2. The molecule has 1 aromatic heterocycles. The first kappa shape index (κ1) is 21.8. The van der Waals surface area contributed by atoms with E-state index in [4.69, 9.17) is 9.47 Å². The van der Waals surface area contributed by atoms with E-state index in [0.29, 0.717) is 42.0 Å². The molecular weight excluding hydrogens is 390 g/mol. The molecule has 0 aliphatic heterocycles. The van der Waals surface area contributed by atoms with Crippen molar-refractivity contribution in [1.82, 2.24) is 10.3 Å². The standard InChI is InChI=1S/C23H24F2N2O3/c1-4-30-23-18-7-5-6-17(16(18)8-9-27-23)22(28)21-19(24)12-15(13-20(21)25)14(2)26-10-11-29-3/h5-9,12-14,26H,4,10-11H2,1-3H3/t14-/m1/s1. The quantitative estimate of drug-likeness (QED) is 0.414. The number of fused-ring (bicyclic) bond motifs is 1. The van der Waals surface area contributed by atoms with Gasteiger partial charge in [0.15, 0.2) is 5.78 Å². The van der Waals surface area contributed by atoms with Gasteiger partial charge in [-0.15, -0.1) is 0 Å². The van der Waals surface area contributed by atoms with Gasteiger partial charge in [-0.3, -0.25) is 4.79 Å². The van der Waals surface area contributed by atoms with E-state index in [-0.39, 0.29) is 11.6 Å². The third kappa shape index (κ3) is 4.47. The molecular formula is C23H24F2N2O3. The van der Waals surface area contributed by atoms with E-state index < -0.39 is 23.0 Å². The Bertz CT molecular complexity index is 1030. The van der Waals surface area contributed by atoms with Crippen LogP contribution < -0.4 is 10.1 Å². The number of ether oxygens (including phenoxy) is 2. The highest BCUT2D eigenvalue weighted by atomic mass is 19.1. The molecule has 1 heterocycles. The fraction of sp³-hybridized carbons (Fsp3) is 0.304. The molecule has 0 saturated heterocycles. The van der Waals surface area contributed by atoms with E-state index in [0.717, 1.165) is 0 Å². The van der Waals surface area contributed by atoms with Crippen LogP contribution in [-0.2, 0) is 4.74 Å². The average molecular weight is 414 g/mol. The number of pyridine rings is 1. The molecule has 1 N–H and O–H groups in total. The van der Waals surface area contributed by atoms with Gasteiger partial charge in [0.05, 0.1) is 18.8 Å². The lowest BCUT2D eigenvalue weighted by Gasteiger charge is -2.16. The van der Waals surface area contributed by atoms with Gasteiger partial charge in [-0.1, -0.05) is 12.1 Å². The summed E-state index contributed by atoms with van der Waals surface area (Å²) < 4.78 is 40.2. The van der Waals surface area contributed by atoms with Crippen molar-refractivity contribution in [2.75, 3.05) is 26.9 Å². The summed E-state index contributed by atoms with van der Waals surface area (Å²) in [4.78, 5) is 17.3. The zero-order valence-electron chi connectivity index (χ0n) is 17.2. The minimum absolute atomic E-state index is 0.188. The number of carbonyl (C=O) groups excluding carboxylic acids is 1. The predicted octanol–water partition coefficient (Wildman–Crippen LogP) is 4.44. The van der Waals surface area contributed by atoms with E-state index in [1.54, 1.807) is 38.3 Å². The smallest absolute Gasteiger partial charge is 0.221 e. The first-order valence-electron chi connectivity index (χ1n) is 9.74. The topological polar surface area (TPSA) is 60.5 Å². The number of hydrogen-bond donors (Lipinski definition) is 1. The molecule has 0 fully saturated rings. The largest absolute Gasteiger partial charge is 0.478 e. The Morgan fingerprint density at radius 3 is 2.57 bits per heavy atom. The van der Waals surface area contributed by atoms with E-state index in [2.05, 4.69) is 10.3 Å². The number of carbonyl (C=O) groups is 1. The number of benzene rings is 2. The van der Waals surface area contributed by atoms with Crippen molar-refractivity contribution in [3.05, 3.63) is 70.9 Å². The lowest BCUT2D eigenvalue weighted by atomic mass is 9.95. The summed E-state index contributed by atoms with van der Waals surface area (Å²) in [5.41, 5.74) is 0.0242. The summed E-state index contributed by atoms with van der Waals surface area (Å²) in [6, 6.07) is 8.67. The molecule has 0 amide bonds. The molecule has 0 radical (unpaired) electrons. The SMILES string of the molecule is CCOc1nccc2c(C(=O)c3c(F)cc([C@@H](C)NCCOC)cc3F)cccc12. The van der Waals surface area contributed by atoms with Crippen LogP contribution in [0.25, 0.3) is 10.8 Å². The number of aromatic nitrogens is 1. The van der Waals surface area contributed by atoms with Crippen LogP contribution >= 0.6 is 0 Å². The second kappa shape index (κ2) is 9.73. The molecule has 0 unspecified atom stereocenters. The summed E-state index contributed by atoms with van der Waals surface area (Å²) in [6.45, 7) is 5.04. The summed E-state index contributed by atoms with van der Waals surface area (Å²) in [7, 11) is 1.58. The minimum atomic E-state index is -0.897. The van der Waals surface area contributed by atoms with Gasteiger partial charge in [0.2, 0.25) is 5.88 Å². The van der Waals surface area contributed by atoms with Crippen LogP contribution in [0.4, 0.5) is 8.78 Å². The first-order chi connectivity index (χ1) is 14.5. The predicted molar refractivity (Wildman–Crippen MR) is 111 cm³/mol. The molecule has 3 rings (SSSR count). The van der Waals surface area contributed by atoms with Gasteiger partial charge >= 0.3 is 0 Å². The zero-order valence-corrected chi connectivity index (χ0v) is 17.2. The molecule has 1 atom stereocenters. The number of hydrogen-bond acceptors (Lipinski definition) is 5. The molecule has 0 aliphatic rings. The number of ketones is 1. The van der Waals surface area contributed by atoms with Crippen LogP contribution in [0.15, 0.2) is 42.6 Å². The Morgan fingerprint density at radius 2 is 1.90 bits per heavy atom. The van der Waals surface area contributed by atoms with Crippen LogP contribution in [0.3, 0.4) is 0 Å². The Balaban J connectivity index is 1.99. The van der Waals surface area contributed by atoms with Crippen molar-refractivity contribution >= 4 is 16.6 Å². The van der Waals surface area contributed by atoms with Crippen molar-refractivity contribution in [2.45, 2.75) is 19.9 Å². The summed E-state index contributed by atoms with van der Waals surface area (Å²) >= 11 is 0. The van der Waals surface area contributed by atoms with Gasteiger partial charge < -0.3 is 14.8 Å². The van der Waals surface area contributed by atoms with Gasteiger partial charge in [-0.2, -0.15) is 0 Å². The maximum absolute atomic E-state index is 14.8. The van der Waals surface area contributed by atoms with Crippen molar-refractivity contribution in [3.63, 3.8) is 0 Å². The van der Waals surface area contributed by atoms with E-state index >= 15 is 0 Å². The van der Waals surface area contributed by atoms with E-state index in [9.17, 15) is 13.6 Å². The van der Waals surface area contributed by atoms with Crippen LogP contribution in [-0.4, -0.2) is 37.6 Å². The summed E-state index contributed by atoms with van der Waals surface area (Å²) in [5, 5.41) is 4.25. The second-order valence-electron chi connectivity index (χ2n) is 6.81. The molecule has 0 saturated carbocycles. The van der Waals surface area contributed by atoms with E-state index in [1.807, 2.05) is 6.92 Å². The molecule has 0 spiro atoms. The maximum Gasteiger partial charge on any atom is 0.221 e. The van der Waals surface area contributed by atoms with Gasteiger partial charge in [0.1, 0.15) is 11.6 Å². The Labute approximate surface area is 174 Å². The highest BCUT2D eigenvalue weighted by Crippen LogP contribution is 2.29. The third-order valence-electron chi connectivity index (χ3n) is 4.84. The molecule has 5 nitrogen and oxygen atoms in total. The molecule has 3 aromatic rings. The molecule has 2 aromatic carbocycles. The number of nitrogens with zero attached hydrogens (tertiary/aromatic N) is 1. The van der Waals surface area contributed by atoms with Crippen LogP contribution in [0.2, 0.25) is 0 Å². The van der Waals surface area contributed by atoms with Crippen LogP contribution in [0.5, 0.6) is 5.88 Å². The maximum atomic E-state index is 14.8. The number of methoxy groups -OCH3 is 1. The fourth-order valence-electron chi connectivity index (χ4n) is 3.32. The normalized spacial score (nSPS) is 12.2. The number of rotatable bonds is 9. The molecule has 0 aliphatic carbocycles. The summed E-state index contributed by atoms with van der Waals surface area (Å²) in [6.07, 6.45) is 1.51. The van der Waals surface area contributed by atoms with Gasteiger partial charge in [-0.05, 0) is 49.1 Å². The van der Waals surface area contributed by atoms with Gasteiger partial charge in [-0.25, -0.2) is 13.8 Å². The lowest BCUT2D eigenvalue weighted by molar-refractivity contribution is 0.103. The van der Waals surface area contributed by atoms with Crippen molar-refractivity contribution in [3.8, 4) is 5.88 Å². The van der Waals surface area contributed by atoms with Crippen molar-refractivity contribution < 1.29 is 23.0 Å². The zero-order chi connectivity index (χ0) is 21.7. The van der Waals surface area contributed by atoms with Gasteiger partial charge in [0.25, 0.3) is 0 Å². The summed E-state index contributed by atoms with van der Waals surface area (Å²) in [5.74, 6) is -2.15. The first-order valence-corrected chi connectivity index (χ1v) is 9.74. The second-order valence-corrected chi connectivity index (χ2v) is 6.81. The minimum Gasteiger partial charge on any atom is -0.478 e. The molecule has 7 heteroatoms. The van der Waals surface area contributed by atoms with Crippen molar-refractivity contribution in [1.29, 1.82) is 0 Å². The Hall–Kier alpha value is -2.90. The van der Waals surface area contributed by atoms with Gasteiger partial charge in [0, 0.05) is 36.8 Å². The fourth-order valence-corrected chi connectivity index (χ4v) is 3.32. The van der Waals surface area contributed by atoms with E-state index in [1.165, 1.54) is 18.3 Å². The monoisotopic (exact) mass is 414 g/mol. The highest BCUT2D eigenvalue weighted by molar-refractivity contribution is 6.17. The highest BCUT2D eigenvalue weighted by Gasteiger charge is 2.23. The lowest BCUT2D eigenvalue weighted by Crippen LogP contribution is -2.23. The van der Waals surface area contributed by atoms with Crippen LogP contribution in [0, 0.1) is 11.6 Å². The Kier molecular flexibility index (Phi) is 7.07. The Morgan fingerprint density at radius 1 is 1.17 bits per heavy atom. The van der Waals surface area contributed by atoms with Crippen LogP contribution in [0.1, 0.15) is 41.4 Å². The molecule has 30 heavy (non-hydrogen) atoms. The number of nitrogens with one attached hydrogen (secondary N) is 1. The van der Waals surface area contributed by atoms with Crippen molar-refractivity contribution in [2.24, 2.45) is 0 Å². The molecule has 158 valence electrons. The third-order valence-corrected chi connectivity index (χ3v) is 4.84. The molecule has 0 bridgehead atoms.